The van der Waals surface area contributed by atoms with Crippen molar-refractivity contribution in [3.63, 3.8) is 0 Å². The molecular weight excluding hydrogens is 184 g/mol. The lowest BCUT2D eigenvalue weighted by Gasteiger charge is -2.33. The van der Waals surface area contributed by atoms with Crippen molar-refractivity contribution >= 4 is 0 Å². The van der Waals surface area contributed by atoms with Crippen molar-refractivity contribution < 1.29 is 0 Å². The van der Waals surface area contributed by atoms with E-state index in [2.05, 4.69) is 38.0 Å². The Balaban J connectivity index is 2.26. The fraction of sp³-hybridized carbons (Fsp3) is 1.00. The SMILES string of the molecule is CCCC(C)N(C)CC1CC(C)CCN1. The Kier molecular flexibility index (Phi) is 5.62. The Morgan fingerprint density at radius 1 is 1.47 bits per heavy atom. The summed E-state index contributed by atoms with van der Waals surface area (Å²) in [4.78, 5) is 2.51. The summed E-state index contributed by atoms with van der Waals surface area (Å²) in [5, 5.41) is 3.64. The second-order valence-electron chi connectivity index (χ2n) is 5.36. The molecule has 0 aliphatic carbocycles. The van der Waals surface area contributed by atoms with Crippen LogP contribution in [-0.4, -0.2) is 37.1 Å². The molecule has 1 fully saturated rings. The van der Waals surface area contributed by atoms with Crippen LogP contribution in [-0.2, 0) is 0 Å². The second-order valence-corrected chi connectivity index (χ2v) is 5.36. The first kappa shape index (κ1) is 13.0. The van der Waals surface area contributed by atoms with Gasteiger partial charge in [0, 0.05) is 18.6 Å². The maximum absolute atomic E-state index is 3.64. The minimum absolute atomic E-state index is 0.720. The van der Waals surface area contributed by atoms with Crippen LogP contribution in [0.15, 0.2) is 0 Å². The van der Waals surface area contributed by atoms with Gasteiger partial charge >= 0.3 is 0 Å². The van der Waals surface area contributed by atoms with Crippen LogP contribution in [0.2, 0.25) is 0 Å². The van der Waals surface area contributed by atoms with Gasteiger partial charge in [-0.15, -0.1) is 0 Å². The van der Waals surface area contributed by atoms with E-state index < -0.39 is 0 Å². The maximum Gasteiger partial charge on any atom is 0.0197 e. The van der Waals surface area contributed by atoms with Crippen molar-refractivity contribution in [1.82, 2.24) is 10.2 Å². The summed E-state index contributed by atoms with van der Waals surface area (Å²) in [6.07, 6.45) is 5.31. The van der Waals surface area contributed by atoms with Crippen LogP contribution >= 0.6 is 0 Å². The molecule has 0 spiro atoms. The third kappa shape index (κ3) is 4.52. The summed E-state index contributed by atoms with van der Waals surface area (Å²) in [7, 11) is 2.27. The van der Waals surface area contributed by atoms with Gasteiger partial charge in [0.15, 0.2) is 0 Å². The van der Waals surface area contributed by atoms with E-state index in [1.807, 2.05) is 0 Å². The van der Waals surface area contributed by atoms with E-state index in [0.29, 0.717) is 0 Å². The third-order valence-corrected chi connectivity index (χ3v) is 3.72. The molecule has 15 heavy (non-hydrogen) atoms. The first-order valence-corrected chi connectivity index (χ1v) is 6.57. The predicted molar refractivity (Wildman–Crippen MR) is 67.2 cm³/mol. The van der Waals surface area contributed by atoms with E-state index in [0.717, 1.165) is 18.0 Å². The predicted octanol–water partition coefficient (Wildman–Crippen LogP) is 2.49. The highest BCUT2D eigenvalue weighted by Crippen LogP contribution is 2.16. The van der Waals surface area contributed by atoms with Crippen molar-refractivity contribution in [3.8, 4) is 0 Å². The van der Waals surface area contributed by atoms with Crippen LogP contribution in [0.3, 0.4) is 0 Å². The second kappa shape index (κ2) is 6.49. The van der Waals surface area contributed by atoms with Crippen LogP contribution in [0.1, 0.15) is 46.5 Å². The Morgan fingerprint density at radius 3 is 2.80 bits per heavy atom. The molecule has 0 aromatic carbocycles. The zero-order valence-electron chi connectivity index (χ0n) is 10.9. The summed E-state index contributed by atoms with van der Waals surface area (Å²) in [6, 6.07) is 1.45. The minimum Gasteiger partial charge on any atom is -0.313 e. The number of hydrogen-bond acceptors (Lipinski definition) is 2. The van der Waals surface area contributed by atoms with Gasteiger partial charge in [-0.05, 0) is 45.7 Å². The zero-order valence-corrected chi connectivity index (χ0v) is 10.9. The van der Waals surface area contributed by atoms with Crippen molar-refractivity contribution in [2.24, 2.45) is 5.92 Å². The molecule has 0 bridgehead atoms. The lowest BCUT2D eigenvalue weighted by Crippen LogP contribution is -2.46. The molecule has 0 aromatic rings. The highest BCUT2D eigenvalue weighted by atomic mass is 15.1. The monoisotopic (exact) mass is 212 g/mol. The summed E-state index contributed by atoms with van der Waals surface area (Å²) in [5.74, 6) is 0.908. The lowest BCUT2D eigenvalue weighted by atomic mass is 9.94. The Morgan fingerprint density at radius 2 is 2.20 bits per heavy atom. The van der Waals surface area contributed by atoms with Crippen LogP contribution in [0.25, 0.3) is 0 Å². The molecule has 0 radical (unpaired) electrons. The van der Waals surface area contributed by atoms with Crippen LogP contribution in [0, 0.1) is 5.92 Å². The molecule has 1 aliphatic rings. The summed E-state index contributed by atoms with van der Waals surface area (Å²) in [5.41, 5.74) is 0. The third-order valence-electron chi connectivity index (χ3n) is 3.72. The van der Waals surface area contributed by atoms with Gasteiger partial charge in [-0.1, -0.05) is 20.3 Å². The zero-order chi connectivity index (χ0) is 11.3. The fourth-order valence-corrected chi connectivity index (χ4v) is 2.53. The van der Waals surface area contributed by atoms with Gasteiger partial charge in [-0.25, -0.2) is 0 Å². The molecular formula is C13H28N2. The average Bonchev–Trinajstić information content (AvgIpc) is 2.18. The molecule has 1 saturated heterocycles. The summed E-state index contributed by atoms with van der Waals surface area (Å²) in [6.45, 7) is 9.41. The molecule has 3 unspecified atom stereocenters. The molecule has 2 heteroatoms. The Bertz CT molecular complexity index is 170. The van der Waals surface area contributed by atoms with Gasteiger partial charge in [0.05, 0.1) is 0 Å². The van der Waals surface area contributed by atoms with E-state index in [1.54, 1.807) is 0 Å². The fourth-order valence-electron chi connectivity index (χ4n) is 2.53. The molecule has 2 nitrogen and oxygen atoms in total. The first-order valence-electron chi connectivity index (χ1n) is 6.57. The molecule has 0 aromatic heterocycles. The largest absolute Gasteiger partial charge is 0.313 e. The number of nitrogens with one attached hydrogen (secondary N) is 1. The smallest absolute Gasteiger partial charge is 0.0197 e. The number of nitrogens with zero attached hydrogens (tertiary/aromatic N) is 1. The minimum atomic E-state index is 0.720. The molecule has 0 amide bonds. The Labute approximate surface area is 95.4 Å². The van der Waals surface area contributed by atoms with Gasteiger partial charge in [-0.2, -0.15) is 0 Å². The van der Waals surface area contributed by atoms with Crippen molar-refractivity contribution in [2.45, 2.75) is 58.5 Å². The molecule has 0 saturated carbocycles. The highest BCUT2D eigenvalue weighted by molar-refractivity contribution is 4.79. The quantitative estimate of drug-likeness (QED) is 0.753. The lowest BCUT2D eigenvalue weighted by molar-refractivity contribution is 0.190. The highest BCUT2D eigenvalue weighted by Gasteiger charge is 2.20. The van der Waals surface area contributed by atoms with E-state index in [1.165, 1.54) is 38.8 Å². The first-order chi connectivity index (χ1) is 7.13. The molecule has 3 atom stereocenters. The van der Waals surface area contributed by atoms with Gasteiger partial charge in [0.25, 0.3) is 0 Å². The van der Waals surface area contributed by atoms with Gasteiger partial charge in [0.1, 0.15) is 0 Å². The number of piperidine rings is 1. The molecule has 1 N–H and O–H groups in total. The Hall–Kier alpha value is -0.0800. The van der Waals surface area contributed by atoms with Crippen LogP contribution < -0.4 is 5.32 Å². The van der Waals surface area contributed by atoms with E-state index >= 15 is 0 Å². The van der Waals surface area contributed by atoms with Gasteiger partial charge in [0.2, 0.25) is 0 Å². The molecule has 1 rings (SSSR count). The van der Waals surface area contributed by atoms with Gasteiger partial charge < -0.3 is 10.2 Å². The van der Waals surface area contributed by atoms with Crippen molar-refractivity contribution in [2.75, 3.05) is 20.1 Å². The standard InChI is InChI=1S/C13H28N2/c1-5-6-12(3)15(4)10-13-9-11(2)7-8-14-13/h11-14H,5-10H2,1-4H3. The van der Waals surface area contributed by atoms with Crippen LogP contribution in [0.5, 0.6) is 0 Å². The van der Waals surface area contributed by atoms with Crippen molar-refractivity contribution in [1.29, 1.82) is 0 Å². The van der Waals surface area contributed by atoms with E-state index in [-0.39, 0.29) is 0 Å². The summed E-state index contributed by atoms with van der Waals surface area (Å²) < 4.78 is 0. The van der Waals surface area contributed by atoms with Crippen molar-refractivity contribution in [3.05, 3.63) is 0 Å². The van der Waals surface area contributed by atoms with Crippen LogP contribution in [0.4, 0.5) is 0 Å². The average molecular weight is 212 g/mol. The van der Waals surface area contributed by atoms with E-state index in [4.69, 9.17) is 0 Å². The molecule has 1 aliphatic heterocycles. The van der Waals surface area contributed by atoms with E-state index in [9.17, 15) is 0 Å². The maximum atomic E-state index is 3.64. The number of likely N-dealkylation sites (N-methyl/N-ethyl adjacent to an activating group) is 1. The molecule has 1 heterocycles. The topological polar surface area (TPSA) is 15.3 Å². The normalized spacial score (nSPS) is 29.4. The number of rotatable bonds is 5. The summed E-state index contributed by atoms with van der Waals surface area (Å²) >= 11 is 0. The molecule has 90 valence electrons. The number of hydrogen-bond donors (Lipinski definition) is 1. The van der Waals surface area contributed by atoms with Gasteiger partial charge in [-0.3, -0.25) is 0 Å².